The van der Waals surface area contributed by atoms with E-state index in [-0.39, 0.29) is 11.6 Å². The van der Waals surface area contributed by atoms with Crippen LogP contribution in [0.25, 0.3) is 0 Å². The molecule has 0 atom stereocenters. The van der Waals surface area contributed by atoms with Gasteiger partial charge in [0.05, 0.1) is 4.92 Å². The van der Waals surface area contributed by atoms with Crippen molar-refractivity contribution in [2.45, 2.75) is 6.92 Å². The van der Waals surface area contributed by atoms with Crippen LogP contribution in [-0.4, -0.2) is 9.91 Å². The Labute approximate surface area is 68.1 Å². The SMILES string of the molecule is Cc1cc([N+](=O)[O-])cnc1ON. The minimum Gasteiger partial charge on any atom is -0.391 e. The molecule has 6 nitrogen and oxygen atoms in total. The molecule has 0 aliphatic heterocycles. The van der Waals surface area contributed by atoms with Gasteiger partial charge in [-0.15, -0.1) is 0 Å². The largest absolute Gasteiger partial charge is 0.391 e. The van der Waals surface area contributed by atoms with Gasteiger partial charge in [0, 0.05) is 11.6 Å². The van der Waals surface area contributed by atoms with Crippen molar-refractivity contribution in [3.8, 4) is 5.88 Å². The van der Waals surface area contributed by atoms with Crippen LogP contribution in [0.5, 0.6) is 5.88 Å². The average molecular weight is 169 g/mol. The predicted molar refractivity (Wildman–Crippen MR) is 40.4 cm³/mol. The molecule has 0 unspecified atom stereocenters. The van der Waals surface area contributed by atoms with Crippen molar-refractivity contribution in [3.63, 3.8) is 0 Å². The van der Waals surface area contributed by atoms with Crippen LogP contribution in [0, 0.1) is 17.0 Å². The molecule has 1 heterocycles. The molecule has 0 saturated carbocycles. The summed E-state index contributed by atoms with van der Waals surface area (Å²) in [6.45, 7) is 1.63. The maximum Gasteiger partial charge on any atom is 0.288 e. The molecule has 0 aromatic carbocycles. The molecule has 0 aliphatic carbocycles. The molecule has 2 N–H and O–H groups in total. The fourth-order valence-corrected chi connectivity index (χ4v) is 0.771. The zero-order chi connectivity index (χ0) is 9.14. The van der Waals surface area contributed by atoms with E-state index in [2.05, 4.69) is 9.82 Å². The molecule has 0 aliphatic rings. The molecule has 0 radical (unpaired) electrons. The van der Waals surface area contributed by atoms with Gasteiger partial charge in [0.15, 0.2) is 0 Å². The van der Waals surface area contributed by atoms with Crippen LogP contribution in [0.15, 0.2) is 12.3 Å². The first-order valence-corrected chi connectivity index (χ1v) is 3.13. The van der Waals surface area contributed by atoms with E-state index in [1.165, 1.54) is 6.07 Å². The van der Waals surface area contributed by atoms with Crippen molar-refractivity contribution in [1.82, 2.24) is 4.98 Å². The Morgan fingerprint density at radius 1 is 1.75 bits per heavy atom. The molecule has 0 fully saturated rings. The van der Waals surface area contributed by atoms with E-state index < -0.39 is 4.92 Å². The molecule has 0 saturated heterocycles. The topological polar surface area (TPSA) is 91.3 Å². The summed E-state index contributed by atoms with van der Waals surface area (Å²) in [7, 11) is 0. The summed E-state index contributed by atoms with van der Waals surface area (Å²) in [6.07, 6.45) is 1.09. The lowest BCUT2D eigenvalue weighted by atomic mass is 10.3. The van der Waals surface area contributed by atoms with Crippen molar-refractivity contribution in [2.75, 3.05) is 0 Å². The molecule has 6 heteroatoms. The van der Waals surface area contributed by atoms with Crippen molar-refractivity contribution in [2.24, 2.45) is 5.90 Å². The Morgan fingerprint density at radius 3 is 2.83 bits per heavy atom. The second kappa shape index (κ2) is 3.14. The fourth-order valence-electron chi connectivity index (χ4n) is 0.771. The summed E-state index contributed by atoms with van der Waals surface area (Å²) in [5.74, 6) is 5.04. The van der Waals surface area contributed by atoms with Crippen LogP contribution >= 0.6 is 0 Å². The zero-order valence-corrected chi connectivity index (χ0v) is 6.35. The van der Waals surface area contributed by atoms with Gasteiger partial charge < -0.3 is 4.84 Å². The van der Waals surface area contributed by atoms with E-state index >= 15 is 0 Å². The number of rotatable bonds is 2. The Balaban J connectivity index is 3.10. The summed E-state index contributed by atoms with van der Waals surface area (Å²) in [5, 5.41) is 10.2. The molecule has 1 aromatic heterocycles. The third-order valence-corrected chi connectivity index (χ3v) is 1.34. The Morgan fingerprint density at radius 2 is 2.42 bits per heavy atom. The molecule has 64 valence electrons. The number of nitrogens with two attached hydrogens (primary N) is 1. The van der Waals surface area contributed by atoms with E-state index in [9.17, 15) is 10.1 Å². The standard InChI is InChI=1S/C6H7N3O3/c1-4-2-5(9(10)11)3-8-6(4)12-7/h2-3H,7H2,1H3. The van der Waals surface area contributed by atoms with Gasteiger partial charge >= 0.3 is 0 Å². The minimum atomic E-state index is -0.527. The zero-order valence-electron chi connectivity index (χ0n) is 6.35. The highest BCUT2D eigenvalue weighted by Gasteiger charge is 2.09. The molecule has 0 bridgehead atoms. The van der Waals surface area contributed by atoms with Gasteiger partial charge in [0.25, 0.3) is 5.69 Å². The highest BCUT2D eigenvalue weighted by Crippen LogP contribution is 2.18. The molecule has 0 amide bonds. The van der Waals surface area contributed by atoms with Gasteiger partial charge in [-0.05, 0) is 6.92 Å². The Kier molecular flexibility index (Phi) is 2.20. The summed E-state index contributed by atoms with van der Waals surface area (Å²) in [5.41, 5.74) is 0.458. The van der Waals surface area contributed by atoms with Gasteiger partial charge in [-0.2, -0.15) is 5.90 Å². The fraction of sp³-hybridized carbons (Fsp3) is 0.167. The number of nitro groups is 1. The van der Waals surface area contributed by atoms with Crippen molar-refractivity contribution >= 4 is 5.69 Å². The number of pyridine rings is 1. The molecular formula is C6H7N3O3. The number of hydrogen-bond donors (Lipinski definition) is 1. The van der Waals surface area contributed by atoms with Crippen LogP contribution in [0.3, 0.4) is 0 Å². The van der Waals surface area contributed by atoms with E-state index in [4.69, 9.17) is 5.90 Å². The van der Waals surface area contributed by atoms with Crippen molar-refractivity contribution in [3.05, 3.63) is 27.9 Å². The number of aromatic nitrogens is 1. The maximum atomic E-state index is 10.2. The Bertz CT molecular complexity index is 313. The summed E-state index contributed by atoms with van der Waals surface area (Å²) < 4.78 is 0. The normalized spacial score (nSPS) is 9.50. The average Bonchev–Trinajstić information content (AvgIpc) is 2.04. The third-order valence-electron chi connectivity index (χ3n) is 1.34. The lowest BCUT2D eigenvalue weighted by Crippen LogP contribution is -2.05. The van der Waals surface area contributed by atoms with Gasteiger partial charge in [0.1, 0.15) is 6.20 Å². The van der Waals surface area contributed by atoms with Crippen molar-refractivity contribution < 1.29 is 9.76 Å². The monoisotopic (exact) mass is 169 g/mol. The first-order valence-electron chi connectivity index (χ1n) is 3.13. The molecule has 0 spiro atoms. The van der Waals surface area contributed by atoms with Crippen LogP contribution in [-0.2, 0) is 0 Å². The summed E-state index contributed by atoms with van der Waals surface area (Å²) in [4.78, 5) is 17.7. The summed E-state index contributed by atoms with van der Waals surface area (Å²) >= 11 is 0. The van der Waals surface area contributed by atoms with Crippen LogP contribution in [0.1, 0.15) is 5.56 Å². The highest BCUT2D eigenvalue weighted by atomic mass is 16.6. The highest BCUT2D eigenvalue weighted by molar-refractivity contribution is 5.36. The smallest absolute Gasteiger partial charge is 0.288 e. The van der Waals surface area contributed by atoms with Gasteiger partial charge in [-0.3, -0.25) is 10.1 Å². The first kappa shape index (κ1) is 8.41. The Hall–Kier alpha value is -1.69. The first-order chi connectivity index (χ1) is 5.65. The predicted octanol–water partition coefficient (Wildman–Crippen LogP) is 0.551. The number of aryl methyl sites for hydroxylation is 1. The van der Waals surface area contributed by atoms with E-state index in [0.29, 0.717) is 5.56 Å². The van der Waals surface area contributed by atoms with Gasteiger partial charge in [0.2, 0.25) is 5.88 Å². The van der Waals surface area contributed by atoms with Gasteiger partial charge in [-0.1, -0.05) is 0 Å². The van der Waals surface area contributed by atoms with Crippen LogP contribution in [0.2, 0.25) is 0 Å². The third kappa shape index (κ3) is 1.48. The van der Waals surface area contributed by atoms with Crippen LogP contribution in [0.4, 0.5) is 5.69 Å². The molecule has 1 aromatic rings. The molecule has 1 rings (SSSR count). The van der Waals surface area contributed by atoms with Gasteiger partial charge in [-0.25, -0.2) is 4.98 Å². The second-order valence-electron chi connectivity index (χ2n) is 2.19. The minimum absolute atomic E-state index is 0.0756. The lowest BCUT2D eigenvalue weighted by Gasteiger charge is -1.99. The van der Waals surface area contributed by atoms with Crippen molar-refractivity contribution in [1.29, 1.82) is 0 Å². The maximum absolute atomic E-state index is 10.2. The van der Waals surface area contributed by atoms with E-state index in [0.717, 1.165) is 6.20 Å². The molecular weight excluding hydrogens is 162 g/mol. The van der Waals surface area contributed by atoms with E-state index in [1.807, 2.05) is 0 Å². The second-order valence-corrected chi connectivity index (χ2v) is 2.19. The van der Waals surface area contributed by atoms with Crippen LogP contribution < -0.4 is 10.7 Å². The van der Waals surface area contributed by atoms with E-state index in [1.54, 1.807) is 6.92 Å². The quantitative estimate of drug-likeness (QED) is 0.515. The summed E-state index contributed by atoms with van der Waals surface area (Å²) in [6, 6.07) is 1.34. The number of nitrogens with zero attached hydrogens (tertiary/aromatic N) is 2. The lowest BCUT2D eigenvalue weighted by molar-refractivity contribution is -0.385. The molecule has 12 heavy (non-hydrogen) atoms. The number of hydrogen-bond acceptors (Lipinski definition) is 5.